The van der Waals surface area contributed by atoms with E-state index < -0.39 is 0 Å². The van der Waals surface area contributed by atoms with Crippen LogP contribution in [0.5, 0.6) is 0 Å². The Hall–Kier alpha value is -5.82. The monoisotopic (exact) mass is 812 g/mol. The summed E-state index contributed by atoms with van der Waals surface area (Å²) in [7, 11) is 0. The van der Waals surface area contributed by atoms with E-state index >= 15 is 0 Å². The number of nitrogens with zero attached hydrogens (tertiary/aromatic N) is 8. The third-order valence-electron chi connectivity index (χ3n) is 8.63. The van der Waals surface area contributed by atoms with Gasteiger partial charge in [0.2, 0.25) is 0 Å². The molecule has 2 aliphatic heterocycles. The van der Waals surface area contributed by atoms with E-state index in [1.807, 2.05) is 168 Å². The summed E-state index contributed by atoms with van der Waals surface area (Å²) in [5.74, 6) is 0.437. The minimum atomic E-state index is 0.219. The molecule has 0 amide bonds. The Morgan fingerprint density at radius 3 is 1.52 bits per heavy atom. The van der Waals surface area contributed by atoms with Crippen LogP contribution in [-0.4, -0.2) is 35.0 Å². The molecule has 10 nitrogen and oxygen atoms in total. The van der Waals surface area contributed by atoms with Gasteiger partial charge in [0.1, 0.15) is 11.5 Å². The van der Waals surface area contributed by atoms with E-state index in [2.05, 4.69) is 31.9 Å². The van der Waals surface area contributed by atoms with Gasteiger partial charge in [-0.2, -0.15) is 5.10 Å². The zero-order valence-electron chi connectivity index (χ0n) is 27.6. The van der Waals surface area contributed by atoms with E-state index in [9.17, 15) is 10.1 Å². The number of para-hydroxylation sites is 4. The van der Waals surface area contributed by atoms with Crippen molar-refractivity contribution in [2.45, 2.75) is 0 Å². The highest BCUT2D eigenvalue weighted by molar-refractivity contribution is 9.10. The van der Waals surface area contributed by atoms with Gasteiger partial charge >= 0.3 is 5.84 Å². The maximum atomic E-state index is 14.1. The second kappa shape index (κ2) is 14.4. The molecule has 0 aliphatic carbocycles. The Balaban J connectivity index is 1.21. The summed E-state index contributed by atoms with van der Waals surface area (Å²) in [4.78, 5) is 14.9. The Morgan fingerprint density at radius 1 is 0.519 bits per heavy atom. The smallest absolute Gasteiger partial charge is 0.420 e. The van der Waals surface area contributed by atoms with Gasteiger partial charge in [-0.05, 0) is 101 Å². The minimum Gasteiger partial charge on any atom is -0.737 e. The number of hydroxylamine groups is 1. The van der Waals surface area contributed by atoms with E-state index in [0.29, 0.717) is 11.1 Å². The van der Waals surface area contributed by atoms with E-state index in [0.717, 1.165) is 52.9 Å². The highest BCUT2D eigenvalue weighted by atomic mass is 79.9. The molecule has 0 bridgehead atoms. The molecule has 2 heterocycles. The summed E-state index contributed by atoms with van der Waals surface area (Å²) in [6.45, 7) is 0.454. The maximum Gasteiger partial charge on any atom is 0.420 e. The Bertz CT molecular complexity index is 2290. The molecule has 0 N–H and O–H groups in total. The maximum absolute atomic E-state index is 14.1. The van der Waals surface area contributed by atoms with Gasteiger partial charge in [0.15, 0.2) is 12.5 Å². The van der Waals surface area contributed by atoms with Crippen molar-refractivity contribution in [2.75, 3.05) is 33.4 Å². The van der Waals surface area contributed by atoms with E-state index in [1.165, 1.54) is 0 Å². The summed E-state index contributed by atoms with van der Waals surface area (Å²) in [5.41, 5.74) is 6.00. The fraction of sp³-hybridized carbons (Fsp3) is 0.0500. The number of nitroso groups, excluding NO2 is 1. The van der Waals surface area contributed by atoms with Crippen LogP contribution in [0.4, 0.5) is 22.7 Å². The molecule has 0 fully saturated rings. The molecule has 0 saturated carbocycles. The van der Waals surface area contributed by atoms with Gasteiger partial charge in [0, 0.05) is 14.5 Å². The normalized spacial score (nSPS) is 14.8. The summed E-state index contributed by atoms with van der Waals surface area (Å²) in [6.07, 6.45) is 0. The summed E-state index contributed by atoms with van der Waals surface area (Å²) in [6, 6.07) is 50.2. The molecule has 0 radical (unpaired) electrons. The second-order valence-corrected chi connectivity index (χ2v) is 13.9. The Labute approximate surface area is 317 Å². The van der Waals surface area contributed by atoms with Crippen molar-refractivity contribution < 1.29 is 4.87 Å². The van der Waals surface area contributed by atoms with Gasteiger partial charge in [0.05, 0.1) is 33.4 Å². The fourth-order valence-electron chi connectivity index (χ4n) is 6.13. The van der Waals surface area contributed by atoms with Crippen LogP contribution < -0.4 is 20.0 Å². The molecule has 52 heavy (non-hydrogen) atoms. The summed E-state index contributed by atoms with van der Waals surface area (Å²) in [5, 5.41) is 31.6. The first-order valence-electron chi connectivity index (χ1n) is 16.5. The average Bonchev–Trinajstić information content (AvgIpc) is 3.19. The van der Waals surface area contributed by atoms with Crippen LogP contribution in [0.1, 0.15) is 11.1 Å². The molecule has 6 aromatic rings. The van der Waals surface area contributed by atoms with Crippen molar-refractivity contribution in [3.63, 3.8) is 0 Å². The summed E-state index contributed by atoms with van der Waals surface area (Å²) < 4.78 is 1.51. The van der Waals surface area contributed by atoms with Crippen molar-refractivity contribution >= 4 is 66.3 Å². The largest absolute Gasteiger partial charge is 0.737 e. The predicted molar refractivity (Wildman–Crippen MR) is 215 cm³/mol. The molecular weight excluding hydrogens is 784 g/mol. The minimum absolute atomic E-state index is 0.219. The fourth-order valence-corrected chi connectivity index (χ4v) is 7.11. The number of halogens is 2. The number of hydrogen-bond acceptors (Lipinski definition) is 8. The molecule has 8 rings (SSSR count). The third-order valence-corrected chi connectivity index (χ3v) is 9.55. The van der Waals surface area contributed by atoms with E-state index in [4.69, 9.17) is 10.2 Å². The van der Waals surface area contributed by atoms with Crippen molar-refractivity contribution in [3.8, 4) is 11.1 Å². The second-order valence-electron chi connectivity index (χ2n) is 12.1. The SMILES string of the molecule is O=[N+]1C(c2cc(Br)cc(-c3cc(Br)cc(C4=NN(c5ccccc5)CN(c5ccccc5)N4[O-])c3)c2)=NN(c2ccccc2)CN1c1ccccc1. The number of hydrazine groups is 2. The topological polar surface area (TPSA) is 84.1 Å². The van der Waals surface area contributed by atoms with E-state index in [1.54, 1.807) is 10.0 Å². The lowest BCUT2D eigenvalue weighted by Gasteiger charge is -2.48. The highest BCUT2D eigenvalue weighted by Crippen LogP contribution is 2.33. The quantitative estimate of drug-likeness (QED) is 0.149. The molecule has 2 aliphatic rings. The lowest BCUT2D eigenvalue weighted by atomic mass is 10.00. The molecule has 0 spiro atoms. The first-order chi connectivity index (χ1) is 25.4. The Kier molecular flexibility index (Phi) is 9.25. The molecular formula is C40H30Br2N8O2. The molecule has 0 saturated heterocycles. The van der Waals surface area contributed by atoms with Crippen LogP contribution >= 0.6 is 31.9 Å². The number of hydrazone groups is 2. The van der Waals surface area contributed by atoms with Gasteiger partial charge in [-0.3, -0.25) is 5.01 Å². The first kappa shape index (κ1) is 33.3. The van der Waals surface area contributed by atoms with Crippen LogP contribution in [-0.2, 0) is 0 Å². The standard InChI is InChI=1S/C40H30Br2N8O2/c41-33-23-29(21-31(25-33)39-43-45(35-13-5-1-6-14-35)27-47(49(39)51)37-17-9-3-10-18-37)30-22-32(26-34(42)24-30)40-44-46(36-15-7-2-8-16-36)28-48(50(40)52)38-19-11-4-12-20-38/h1-26H,27-28H2. The summed E-state index contributed by atoms with van der Waals surface area (Å²) >= 11 is 7.40. The van der Waals surface area contributed by atoms with E-state index in [-0.39, 0.29) is 25.0 Å². The highest BCUT2D eigenvalue weighted by Gasteiger charge is 2.38. The van der Waals surface area contributed by atoms with Gasteiger partial charge in [-0.15, -0.1) is 10.0 Å². The number of rotatable bonds is 7. The lowest BCUT2D eigenvalue weighted by Crippen LogP contribution is -2.53. The molecule has 12 heteroatoms. The van der Waals surface area contributed by atoms with Crippen molar-refractivity contribution in [1.82, 2.24) is 5.17 Å². The van der Waals surface area contributed by atoms with Gasteiger partial charge < -0.3 is 10.4 Å². The van der Waals surface area contributed by atoms with Crippen molar-refractivity contribution in [2.24, 2.45) is 10.2 Å². The van der Waals surface area contributed by atoms with Crippen LogP contribution in [0.15, 0.2) is 177 Å². The predicted octanol–water partition coefficient (Wildman–Crippen LogP) is 9.58. The molecule has 0 unspecified atom stereocenters. The molecule has 0 atom stereocenters. The zero-order chi connectivity index (χ0) is 35.6. The third kappa shape index (κ3) is 6.79. The van der Waals surface area contributed by atoms with Crippen LogP contribution in [0, 0.1) is 10.1 Å². The molecule has 6 aromatic carbocycles. The average molecular weight is 815 g/mol. The van der Waals surface area contributed by atoms with Crippen molar-refractivity contribution in [1.29, 1.82) is 0 Å². The molecule has 256 valence electrons. The number of amidine groups is 2. The van der Waals surface area contributed by atoms with Crippen LogP contribution in [0.2, 0.25) is 0 Å². The number of anilines is 4. The zero-order valence-corrected chi connectivity index (χ0v) is 30.7. The Morgan fingerprint density at radius 2 is 0.962 bits per heavy atom. The number of benzene rings is 6. The van der Waals surface area contributed by atoms with Crippen LogP contribution in [0.25, 0.3) is 11.1 Å². The van der Waals surface area contributed by atoms with Gasteiger partial charge in [-0.1, -0.05) is 105 Å². The number of hydrogen-bond donors (Lipinski definition) is 0. The van der Waals surface area contributed by atoms with Crippen LogP contribution in [0.3, 0.4) is 0 Å². The van der Waals surface area contributed by atoms with Gasteiger partial charge in [0.25, 0.3) is 0 Å². The molecule has 0 aromatic heterocycles. The lowest BCUT2D eigenvalue weighted by molar-refractivity contribution is -0.450. The first-order valence-corrected chi connectivity index (χ1v) is 18.0. The van der Waals surface area contributed by atoms with Crippen molar-refractivity contribution in [3.05, 3.63) is 188 Å². The van der Waals surface area contributed by atoms with Gasteiger partial charge in [-0.25, -0.2) is 5.01 Å².